The van der Waals surface area contributed by atoms with Gasteiger partial charge in [0.2, 0.25) is 10.9 Å². The topological polar surface area (TPSA) is 60.7 Å². The number of hydrogen-bond donors (Lipinski definition) is 0. The summed E-state index contributed by atoms with van der Waals surface area (Å²) in [6.45, 7) is 19.3. The van der Waals surface area contributed by atoms with Crippen molar-refractivity contribution in [2.75, 3.05) is 32.7 Å². The second-order valence-electron chi connectivity index (χ2n) is 9.29. The molecule has 2 aromatic heterocycles. The van der Waals surface area contributed by atoms with Gasteiger partial charge in [0, 0.05) is 31.1 Å². The first-order valence-corrected chi connectivity index (χ1v) is 12.4. The summed E-state index contributed by atoms with van der Waals surface area (Å²) in [7, 11) is 0. The summed E-state index contributed by atoms with van der Waals surface area (Å²) < 4.78 is 5.93. The number of thiophene rings is 1. The second-order valence-corrected chi connectivity index (χ2v) is 10.3. The molecule has 33 heavy (non-hydrogen) atoms. The molecule has 6 nitrogen and oxygen atoms in total. The van der Waals surface area contributed by atoms with Crippen LogP contribution in [-0.4, -0.2) is 47.5 Å². The Labute approximate surface area is 200 Å². The van der Waals surface area contributed by atoms with Crippen LogP contribution >= 0.6 is 11.3 Å². The number of benzene rings is 1. The van der Waals surface area contributed by atoms with Crippen LogP contribution < -0.4 is 0 Å². The number of rotatable bonds is 8. The maximum Gasteiger partial charge on any atom is 0.241 e. The van der Waals surface area contributed by atoms with Crippen molar-refractivity contribution in [2.24, 2.45) is 5.92 Å². The van der Waals surface area contributed by atoms with Crippen LogP contribution in [0.3, 0.4) is 0 Å². The van der Waals surface area contributed by atoms with Crippen LogP contribution in [0.1, 0.15) is 43.0 Å². The van der Waals surface area contributed by atoms with Gasteiger partial charge >= 0.3 is 0 Å². The van der Waals surface area contributed by atoms with Crippen LogP contribution in [0, 0.1) is 30.7 Å². The largest absolute Gasteiger partial charge is 0.439 e. The van der Waals surface area contributed by atoms with Crippen molar-refractivity contribution in [3.8, 4) is 6.07 Å². The van der Waals surface area contributed by atoms with Gasteiger partial charge in [0.25, 0.3) is 0 Å². The lowest BCUT2D eigenvalue weighted by molar-refractivity contribution is 0.116. The summed E-state index contributed by atoms with van der Waals surface area (Å²) in [6, 6.07) is 12.6. The van der Waals surface area contributed by atoms with Crippen LogP contribution in [-0.2, 0) is 12.0 Å². The zero-order valence-corrected chi connectivity index (χ0v) is 20.5. The fraction of sp³-hybridized carbons (Fsp3) is 0.500. The highest BCUT2D eigenvalue weighted by molar-refractivity contribution is 7.16. The van der Waals surface area contributed by atoms with Crippen LogP contribution in [0.2, 0.25) is 0 Å². The minimum Gasteiger partial charge on any atom is -0.439 e. The van der Waals surface area contributed by atoms with Crippen LogP contribution in [0.4, 0.5) is 5.00 Å². The molecule has 1 aliphatic heterocycles. The predicted octanol–water partition coefficient (Wildman–Crippen LogP) is 5.76. The molecule has 7 heteroatoms. The molecule has 1 unspecified atom stereocenters. The molecular weight excluding hydrogens is 430 g/mol. The molecule has 3 heterocycles. The smallest absolute Gasteiger partial charge is 0.241 e. The van der Waals surface area contributed by atoms with Gasteiger partial charge < -0.3 is 9.32 Å². The second kappa shape index (κ2) is 10.1. The summed E-state index contributed by atoms with van der Waals surface area (Å²) in [5.41, 5.74) is 2.47. The van der Waals surface area contributed by atoms with E-state index < -0.39 is 5.41 Å². The molecule has 0 amide bonds. The zero-order valence-electron chi connectivity index (χ0n) is 19.7. The Morgan fingerprint density at radius 2 is 1.97 bits per heavy atom. The average Bonchev–Trinajstić information content (AvgIpc) is 3.44. The van der Waals surface area contributed by atoms with Crippen molar-refractivity contribution in [3.05, 3.63) is 58.1 Å². The summed E-state index contributed by atoms with van der Waals surface area (Å²) in [5, 5.41) is 10.8. The van der Waals surface area contributed by atoms with E-state index in [2.05, 4.69) is 58.6 Å². The molecule has 0 spiro atoms. The van der Waals surface area contributed by atoms with Crippen LogP contribution in [0.15, 0.2) is 34.7 Å². The van der Waals surface area contributed by atoms with E-state index in [1.165, 1.54) is 16.9 Å². The van der Waals surface area contributed by atoms with E-state index in [-0.39, 0.29) is 5.92 Å². The molecule has 1 fully saturated rings. The van der Waals surface area contributed by atoms with Crippen molar-refractivity contribution < 1.29 is 4.42 Å². The highest BCUT2D eigenvalue weighted by Gasteiger charge is 2.37. The number of aryl methyl sites for hydroxylation is 1. The van der Waals surface area contributed by atoms with E-state index in [9.17, 15) is 5.26 Å². The van der Waals surface area contributed by atoms with E-state index in [0.29, 0.717) is 5.00 Å². The number of oxazole rings is 1. The molecule has 4 rings (SSSR count). The SMILES string of the molecule is [C-]#[N+]c1ccc(C(C#N)(CCCN2CCN(Cc3nc4cc(C)ccc4o3)CC2)C(C)C)s1. The van der Waals surface area contributed by atoms with Crippen molar-refractivity contribution in [3.63, 3.8) is 0 Å². The highest BCUT2D eigenvalue weighted by Crippen LogP contribution is 2.42. The molecule has 1 saturated heterocycles. The summed E-state index contributed by atoms with van der Waals surface area (Å²) >= 11 is 1.47. The maximum atomic E-state index is 10.1. The van der Waals surface area contributed by atoms with Gasteiger partial charge in [0.1, 0.15) is 5.52 Å². The van der Waals surface area contributed by atoms with E-state index in [4.69, 9.17) is 11.0 Å². The fourth-order valence-corrected chi connectivity index (χ4v) is 5.77. The Morgan fingerprint density at radius 3 is 2.64 bits per heavy atom. The van der Waals surface area contributed by atoms with E-state index in [1.54, 1.807) is 0 Å². The predicted molar refractivity (Wildman–Crippen MR) is 132 cm³/mol. The Hall–Kier alpha value is -2.71. The standard InChI is InChI=1S/C26H31N5OS/c1-19(2)26(18-27,23-8-9-25(28-4)33-23)10-5-11-30-12-14-31(15-13-30)17-24-29-21-16-20(3)6-7-22(21)32-24/h6-9,16,19H,5,10-15,17H2,1-3H3. The third-order valence-corrected chi connectivity index (χ3v) is 7.94. The minimum absolute atomic E-state index is 0.205. The van der Waals surface area contributed by atoms with Gasteiger partial charge in [-0.1, -0.05) is 26.0 Å². The summed E-state index contributed by atoms with van der Waals surface area (Å²) in [5.74, 6) is 0.992. The van der Waals surface area contributed by atoms with Crippen molar-refractivity contribution in [1.82, 2.24) is 14.8 Å². The first-order chi connectivity index (χ1) is 15.9. The van der Waals surface area contributed by atoms with E-state index in [0.717, 1.165) is 74.0 Å². The van der Waals surface area contributed by atoms with Gasteiger partial charge in [-0.15, -0.1) is 0 Å². The fourth-order valence-electron chi connectivity index (χ4n) is 4.66. The van der Waals surface area contributed by atoms with Gasteiger partial charge in [-0.05, 0) is 56.0 Å². The summed E-state index contributed by atoms with van der Waals surface area (Å²) in [6.07, 6.45) is 1.79. The molecule has 0 N–H and O–H groups in total. The van der Waals surface area contributed by atoms with Crippen LogP contribution in [0.5, 0.6) is 0 Å². The number of nitriles is 1. The van der Waals surface area contributed by atoms with Gasteiger partial charge in [0.05, 0.1) is 24.6 Å². The molecule has 1 aromatic carbocycles. The molecule has 0 aliphatic carbocycles. The number of nitrogens with zero attached hydrogens (tertiary/aromatic N) is 5. The zero-order chi connectivity index (χ0) is 23.4. The molecule has 172 valence electrons. The molecule has 1 aliphatic rings. The number of piperazine rings is 1. The normalized spacial score (nSPS) is 17.2. The van der Waals surface area contributed by atoms with E-state index >= 15 is 0 Å². The highest BCUT2D eigenvalue weighted by atomic mass is 32.1. The third-order valence-electron chi connectivity index (χ3n) is 6.78. The quantitative estimate of drug-likeness (QED) is 0.399. The molecule has 0 bridgehead atoms. The molecular formula is C26H31N5OS. The Balaban J connectivity index is 1.28. The van der Waals surface area contributed by atoms with Crippen LogP contribution in [0.25, 0.3) is 15.9 Å². The van der Waals surface area contributed by atoms with Gasteiger partial charge in [-0.2, -0.15) is 16.6 Å². The van der Waals surface area contributed by atoms with Gasteiger partial charge in [0.15, 0.2) is 5.58 Å². The molecule has 1 atom stereocenters. The first kappa shape index (κ1) is 23.4. The summed E-state index contributed by atoms with van der Waals surface area (Å²) in [4.78, 5) is 14.1. The van der Waals surface area contributed by atoms with E-state index in [1.807, 2.05) is 18.2 Å². The minimum atomic E-state index is -0.513. The Kier molecular flexibility index (Phi) is 7.14. The van der Waals surface area contributed by atoms with Crippen molar-refractivity contribution in [2.45, 2.75) is 45.6 Å². The molecule has 0 radical (unpaired) electrons. The number of hydrogen-bond acceptors (Lipinski definition) is 6. The molecule has 0 saturated carbocycles. The number of fused-ring (bicyclic) bond motifs is 1. The lowest BCUT2D eigenvalue weighted by Gasteiger charge is -2.35. The number of aromatic nitrogens is 1. The maximum absolute atomic E-state index is 10.1. The monoisotopic (exact) mass is 461 g/mol. The lowest BCUT2D eigenvalue weighted by atomic mass is 9.73. The van der Waals surface area contributed by atoms with Crippen molar-refractivity contribution in [1.29, 1.82) is 5.26 Å². The van der Waals surface area contributed by atoms with Gasteiger partial charge in [-0.25, -0.2) is 9.83 Å². The third kappa shape index (κ3) is 5.12. The molecule has 3 aromatic rings. The van der Waals surface area contributed by atoms with Crippen molar-refractivity contribution >= 4 is 27.4 Å². The van der Waals surface area contributed by atoms with Gasteiger partial charge in [-0.3, -0.25) is 4.90 Å². The Bertz CT molecular complexity index is 1180. The first-order valence-electron chi connectivity index (χ1n) is 11.6. The Morgan fingerprint density at radius 1 is 1.21 bits per heavy atom. The average molecular weight is 462 g/mol. The lowest BCUT2D eigenvalue weighted by Crippen LogP contribution is -2.46.